The van der Waals surface area contributed by atoms with Crippen LogP contribution in [0.2, 0.25) is 0 Å². The maximum Gasteiger partial charge on any atom is 0.0165 e. The predicted molar refractivity (Wildman–Crippen MR) is 58.4 cm³/mol. The van der Waals surface area contributed by atoms with Gasteiger partial charge in [0.25, 0.3) is 0 Å². The average molecular weight is 193 g/mol. The topological polar surface area (TPSA) is 3.24 Å². The van der Waals surface area contributed by atoms with Gasteiger partial charge in [-0.3, -0.25) is 0 Å². The lowest BCUT2D eigenvalue weighted by atomic mass is 10.4. The summed E-state index contributed by atoms with van der Waals surface area (Å²) >= 11 is 0. The summed E-state index contributed by atoms with van der Waals surface area (Å²) < 4.78 is 0. The third kappa shape index (κ3) is 8.57. The summed E-state index contributed by atoms with van der Waals surface area (Å²) in [6.45, 7) is 5.71. The fourth-order valence-electron chi connectivity index (χ4n) is 0.452. The van der Waals surface area contributed by atoms with E-state index in [0.717, 1.165) is 5.25 Å². The lowest BCUT2D eigenvalue weighted by molar-refractivity contribution is 0.438. The van der Waals surface area contributed by atoms with E-state index < -0.39 is 0 Å². The van der Waals surface area contributed by atoms with Crippen LogP contribution < -0.4 is 0 Å². The van der Waals surface area contributed by atoms with Crippen LogP contribution in [0.4, 0.5) is 0 Å². The molecule has 0 fully saturated rings. The highest BCUT2D eigenvalue weighted by Gasteiger charge is 1.98. The first-order valence-corrected chi connectivity index (χ1v) is 6.48. The van der Waals surface area contributed by atoms with E-state index in [1.807, 2.05) is 21.6 Å². The lowest BCUT2D eigenvalue weighted by Gasteiger charge is -2.10. The van der Waals surface area contributed by atoms with E-state index >= 15 is 0 Å². The van der Waals surface area contributed by atoms with E-state index in [9.17, 15) is 0 Å². The second kappa shape index (κ2) is 7.32. The molecule has 0 aliphatic heterocycles. The highest BCUT2D eigenvalue weighted by Crippen LogP contribution is 2.27. The Morgan fingerprint density at radius 2 is 2.00 bits per heavy atom. The van der Waals surface area contributed by atoms with Crippen molar-refractivity contribution in [2.45, 2.75) is 25.5 Å². The van der Waals surface area contributed by atoms with Gasteiger partial charge in [-0.2, -0.15) is 0 Å². The molecule has 0 heterocycles. The first-order chi connectivity index (χ1) is 5.16. The summed E-state index contributed by atoms with van der Waals surface area (Å²) in [7, 11) is 8.24. The van der Waals surface area contributed by atoms with Crippen LogP contribution in [0.15, 0.2) is 0 Å². The third-order valence-corrected chi connectivity index (χ3v) is 4.47. The molecule has 11 heavy (non-hydrogen) atoms. The Bertz CT molecular complexity index is 86.2. The van der Waals surface area contributed by atoms with Crippen molar-refractivity contribution in [2.24, 2.45) is 0 Å². The summed E-state index contributed by atoms with van der Waals surface area (Å²) in [5.41, 5.74) is 0. The van der Waals surface area contributed by atoms with Crippen LogP contribution in [0.3, 0.4) is 0 Å². The van der Waals surface area contributed by atoms with E-state index in [1.165, 1.54) is 18.7 Å². The lowest BCUT2D eigenvalue weighted by Crippen LogP contribution is -2.14. The van der Waals surface area contributed by atoms with Gasteiger partial charge in [0.2, 0.25) is 0 Å². The minimum atomic E-state index is 0.808. The molecule has 0 saturated carbocycles. The minimum Gasteiger partial charge on any atom is -0.309 e. The highest BCUT2D eigenvalue weighted by atomic mass is 33.1. The first kappa shape index (κ1) is 11.7. The van der Waals surface area contributed by atoms with Crippen LogP contribution in [-0.2, 0) is 0 Å². The zero-order valence-electron chi connectivity index (χ0n) is 7.96. The largest absolute Gasteiger partial charge is 0.309 e. The molecule has 0 spiro atoms. The fourth-order valence-corrected chi connectivity index (χ4v) is 2.97. The summed E-state index contributed by atoms with van der Waals surface area (Å²) in [5, 5.41) is 0.808. The molecule has 0 aromatic carbocycles. The Hall–Kier alpha value is 0.660. The molecule has 0 rings (SSSR count). The maximum atomic E-state index is 2.29. The van der Waals surface area contributed by atoms with Crippen LogP contribution in [0.25, 0.3) is 0 Å². The van der Waals surface area contributed by atoms with Crippen LogP contribution >= 0.6 is 21.6 Å². The summed E-state index contributed by atoms with van der Waals surface area (Å²) in [6, 6.07) is 0. The highest BCUT2D eigenvalue weighted by molar-refractivity contribution is 8.76. The van der Waals surface area contributed by atoms with Gasteiger partial charge in [-0.1, -0.05) is 35.4 Å². The van der Waals surface area contributed by atoms with Crippen LogP contribution in [-0.4, -0.2) is 36.5 Å². The standard InChI is InChI=1S/C8H19NS2/c1-5-8(2)11-10-7-6-9(3)4/h8H,5-7H2,1-4H3. The average Bonchev–Trinajstić information content (AvgIpc) is 1.97. The zero-order chi connectivity index (χ0) is 8.69. The molecular weight excluding hydrogens is 174 g/mol. The van der Waals surface area contributed by atoms with Gasteiger partial charge in [-0.25, -0.2) is 0 Å². The van der Waals surface area contributed by atoms with Crippen LogP contribution in [0, 0.1) is 0 Å². The van der Waals surface area contributed by atoms with Gasteiger partial charge < -0.3 is 4.90 Å². The molecule has 0 bridgehead atoms. The zero-order valence-corrected chi connectivity index (χ0v) is 9.60. The Balaban J connectivity index is 3.01. The Morgan fingerprint density at radius 3 is 2.45 bits per heavy atom. The fraction of sp³-hybridized carbons (Fsp3) is 1.00. The van der Waals surface area contributed by atoms with Gasteiger partial charge in [-0.15, -0.1) is 0 Å². The van der Waals surface area contributed by atoms with Crippen LogP contribution in [0.5, 0.6) is 0 Å². The van der Waals surface area contributed by atoms with Crippen molar-refractivity contribution in [3.05, 3.63) is 0 Å². The quantitative estimate of drug-likeness (QED) is 0.472. The Kier molecular flexibility index (Phi) is 7.76. The van der Waals surface area contributed by atoms with E-state index in [4.69, 9.17) is 0 Å². The molecule has 1 nitrogen and oxygen atoms in total. The maximum absolute atomic E-state index is 2.29. The van der Waals surface area contributed by atoms with Crippen molar-refractivity contribution in [1.29, 1.82) is 0 Å². The molecule has 68 valence electrons. The number of rotatable bonds is 6. The number of hydrogen-bond acceptors (Lipinski definition) is 3. The molecule has 1 unspecified atom stereocenters. The van der Waals surface area contributed by atoms with Crippen molar-refractivity contribution >= 4 is 21.6 Å². The smallest absolute Gasteiger partial charge is 0.0165 e. The van der Waals surface area contributed by atoms with Gasteiger partial charge in [-0.05, 0) is 20.5 Å². The van der Waals surface area contributed by atoms with E-state index in [-0.39, 0.29) is 0 Å². The SMILES string of the molecule is CCC(C)SSCCN(C)C. The normalized spacial score (nSPS) is 13.9. The predicted octanol–water partition coefficient (Wildman–Crippen LogP) is 2.73. The molecule has 0 saturated heterocycles. The summed E-state index contributed by atoms with van der Waals surface area (Å²) in [6.07, 6.45) is 1.28. The summed E-state index contributed by atoms with van der Waals surface area (Å²) in [5.74, 6) is 1.24. The Labute approximate surface area is 78.7 Å². The summed E-state index contributed by atoms with van der Waals surface area (Å²) in [4.78, 5) is 2.23. The molecule has 0 aromatic heterocycles. The monoisotopic (exact) mass is 193 g/mol. The molecule has 0 aliphatic carbocycles. The molecular formula is C8H19NS2. The molecule has 0 aromatic rings. The molecule has 3 heteroatoms. The second-order valence-corrected chi connectivity index (χ2v) is 5.87. The van der Waals surface area contributed by atoms with E-state index in [2.05, 4.69) is 32.8 Å². The van der Waals surface area contributed by atoms with Crippen molar-refractivity contribution in [2.75, 3.05) is 26.4 Å². The third-order valence-electron chi connectivity index (χ3n) is 1.43. The molecule has 0 N–H and O–H groups in total. The second-order valence-electron chi connectivity index (χ2n) is 2.94. The molecule has 0 amide bonds. The molecule has 1 atom stereocenters. The molecule has 0 radical (unpaired) electrons. The van der Waals surface area contributed by atoms with Crippen molar-refractivity contribution in [3.63, 3.8) is 0 Å². The van der Waals surface area contributed by atoms with Gasteiger partial charge in [0.15, 0.2) is 0 Å². The van der Waals surface area contributed by atoms with Gasteiger partial charge in [0, 0.05) is 17.5 Å². The van der Waals surface area contributed by atoms with Gasteiger partial charge >= 0.3 is 0 Å². The number of hydrogen-bond donors (Lipinski definition) is 0. The van der Waals surface area contributed by atoms with Crippen molar-refractivity contribution in [1.82, 2.24) is 4.90 Å². The van der Waals surface area contributed by atoms with Gasteiger partial charge in [0.05, 0.1) is 0 Å². The van der Waals surface area contributed by atoms with Crippen LogP contribution in [0.1, 0.15) is 20.3 Å². The van der Waals surface area contributed by atoms with Gasteiger partial charge in [0.1, 0.15) is 0 Å². The minimum absolute atomic E-state index is 0.808. The van der Waals surface area contributed by atoms with Crippen molar-refractivity contribution < 1.29 is 0 Å². The first-order valence-electron chi connectivity index (χ1n) is 4.09. The van der Waals surface area contributed by atoms with Crippen molar-refractivity contribution in [3.8, 4) is 0 Å². The molecule has 0 aliphatic rings. The van der Waals surface area contributed by atoms with E-state index in [0.29, 0.717) is 0 Å². The Morgan fingerprint density at radius 1 is 1.36 bits per heavy atom. The number of nitrogens with zero attached hydrogens (tertiary/aromatic N) is 1. The van der Waals surface area contributed by atoms with E-state index in [1.54, 1.807) is 0 Å².